The van der Waals surface area contributed by atoms with E-state index in [0.29, 0.717) is 0 Å². The second kappa shape index (κ2) is 6.02. The van der Waals surface area contributed by atoms with Crippen molar-refractivity contribution in [3.8, 4) is 0 Å². The molecule has 0 atom stereocenters. The van der Waals surface area contributed by atoms with Crippen LogP contribution in [0.2, 0.25) is 0 Å². The smallest absolute Gasteiger partial charge is 0.138 e. The van der Waals surface area contributed by atoms with E-state index in [-0.39, 0.29) is 0 Å². The van der Waals surface area contributed by atoms with E-state index in [4.69, 9.17) is 0 Å². The molecule has 0 aliphatic carbocycles. The molecule has 78 valence electrons. The topological polar surface area (TPSA) is 27.6 Å². The van der Waals surface area contributed by atoms with Gasteiger partial charge in [-0.15, -0.1) is 0 Å². The summed E-state index contributed by atoms with van der Waals surface area (Å²) in [5, 5.41) is 2.94. The van der Waals surface area contributed by atoms with Crippen molar-refractivity contribution < 1.29 is 0 Å². The van der Waals surface area contributed by atoms with Crippen LogP contribution in [-0.2, 0) is 0 Å². The Morgan fingerprint density at radius 1 is 1.50 bits per heavy atom. The first-order valence-corrected chi connectivity index (χ1v) is 4.71. The molecule has 0 aromatic carbocycles. The molecule has 0 bridgehead atoms. The standard InChI is InChI=1S/C9H13N3.C2H6/c1-5-12(4)9-7(2)8(3)10-6-11-9;1-2/h5-6H,1,3H2,2,4H3,(H,10,11);1-2H3. The van der Waals surface area contributed by atoms with Gasteiger partial charge in [0, 0.05) is 18.3 Å². The zero-order valence-electron chi connectivity index (χ0n) is 9.46. The Morgan fingerprint density at radius 3 is 2.57 bits per heavy atom. The molecular weight excluding hydrogens is 174 g/mol. The van der Waals surface area contributed by atoms with E-state index in [0.717, 1.165) is 17.1 Å². The summed E-state index contributed by atoms with van der Waals surface area (Å²) in [6.45, 7) is 13.5. The molecular formula is C11H19N3. The Kier molecular flexibility index (Phi) is 5.37. The molecule has 0 fully saturated rings. The van der Waals surface area contributed by atoms with Crippen LogP contribution in [-0.4, -0.2) is 18.3 Å². The highest BCUT2D eigenvalue weighted by molar-refractivity contribution is 5.64. The van der Waals surface area contributed by atoms with E-state index in [1.807, 2.05) is 32.7 Å². The molecule has 14 heavy (non-hydrogen) atoms. The first kappa shape index (κ1) is 12.5. The zero-order valence-corrected chi connectivity index (χ0v) is 9.46. The van der Waals surface area contributed by atoms with Crippen LogP contribution >= 0.6 is 0 Å². The average molecular weight is 193 g/mol. The average Bonchev–Trinajstić information content (AvgIpc) is 2.24. The summed E-state index contributed by atoms with van der Waals surface area (Å²) in [6.07, 6.45) is 3.35. The third kappa shape index (κ3) is 2.76. The minimum absolute atomic E-state index is 0.883. The molecule has 0 saturated heterocycles. The summed E-state index contributed by atoms with van der Waals surface area (Å²) in [6, 6.07) is 0. The third-order valence-electron chi connectivity index (χ3n) is 1.82. The lowest BCUT2D eigenvalue weighted by Gasteiger charge is -2.21. The van der Waals surface area contributed by atoms with Crippen LogP contribution in [0.3, 0.4) is 0 Å². The van der Waals surface area contributed by atoms with E-state index in [2.05, 4.69) is 23.5 Å². The first-order chi connectivity index (χ1) is 6.66. The van der Waals surface area contributed by atoms with E-state index in [1.165, 1.54) is 0 Å². The quantitative estimate of drug-likeness (QED) is 0.729. The predicted molar refractivity (Wildman–Crippen MR) is 62.8 cm³/mol. The Bertz CT molecular complexity index is 274. The normalized spacial score (nSPS) is 14.1. The van der Waals surface area contributed by atoms with Gasteiger partial charge in [0.25, 0.3) is 0 Å². The van der Waals surface area contributed by atoms with Gasteiger partial charge in [0.1, 0.15) is 5.82 Å². The molecule has 0 saturated carbocycles. The van der Waals surface area contributed by atoms with Crippen molar-refractivity contribution in [1.29, 1.82) is 0 Å². The lowest BCUT2D eigenvalue weighted by Crippen LogP contribution is -2.21. The molecule has 0 radical (unpaired) electrons. The molecule has 0 aromatic heterocycles. The van der Waals surface area contributed by atoms with Gasteiger partial charge in [-0.2, -0.15) is 0 Å². The Labute approximate surface area is 86.5 Å². The van der Waals surface area contributed by atoms with Crippen LogP contribution in [0.5, 0.6) is 0 Å². The first-order valence-electron chi connectivity index (χ1n) is 4.71. The van der Waals surface area contributed by atoms with E-state index in [9.17, 15) is 0 Å². The van der Waals surface area contributed by atoms with Gasteiger partial charge in [-0.1, -0.05) is 27.0 Å². The van der Waals surface area contributed by atoms with Crippen molar-refractivity contribution in [1.82, 2.24) is 10.2 Å². The second-order valence-electron chi connectivity index (χ2n) is 2.62. The van der Waals surface area contributed by atoms with E-state index >= 15 is 0 Å². The van der Waals surface area contributed by atoms with Gasteiger partial charge in [-0.25, -0.2) is 4.99 Å². The van der Waals surface area contributed by atoms with Gasteiger partial charge in [0.05, 0.1) is 6.34 Å². The highest BCUT2D eigenvalue weighted by Gasteiger charge is 2.10. The van der Waals surface area contributed by atoms with Crippen molar-refractivity contribution in [2.45, 2.75) is 20.8 Å². The molecule has 3 nitrogen and oxygen atoms in total. The molecule has 1 aliphatic rings. The fourth-order valence-electron chi connectivity index (χ4n) is 0.953. The number of nitrogens with one attached hydrogen (secondary N) is 1. The monoisotopic (exact) mass is 193 g/mol. The molecule has 0 aromatic rings. The number of hydrogen-bond donors (Lipinski definition) is 1. The predicted octanol–water partition coefficient (Wildman–Crippen LogP) is 2.46. The SMILES string of the molecule is C=CN(C)C1=C(C)C(=C)NC=N1.CC. The Balaban J connectivity index is 0.000000791. The molecule has 1 heterocycles. The molecule has 1 rings (SSSR count). The van der Waals surface area contributed by atoms with Crippen molar-refractivity contribution in [3.63, 3.8) is 0 Å². The number of allylic oxidation sites excluding steroid dienone is 1. The molecule has 3 heteroatoms. The number of rotatable bonds is 2. The minimum atomic E-state index is 0.883. The summed E-state index contributed by atoms with van der Waals surface area (Å²) in [7, 11) is 1.90. The molecule has 0 spiro atoms. The third-order valence-corrected chi connectivity index (χ3v) is 1.82. The molecule has 1 N–H and O–H groups in total. The van der Waals surface area contributed by atoms with Crippen LogP contribution in [0.1, 0.15) is 20.8 Å². The van der Waals surface area contributed by atoms with Crippen LogP contribution in [0, 0.1) is 0 Å². The summed E-state index contributed by atoms with van der Waals surface area (Å²) in [5.41, 5.74) is 1.92. The Hall–Kier alpha value is -1.51. The van der Waals surface area contributed by atoms with Crippen LogP contribution in [0.15, 0.2) is 41.4 Å². The molecule has 0 unspecified atom stereocenters. The summed E-state index contributed by atoms with van der Waals surface area (Å²) in [4.78, 5) is 6.03. The van der Waals surface area contributed by atoms with Crippen LogP contribution in [0.4, 0.5) is 0 Å². The van der Waals surface area contributed by atoms with Crippen molar-refractivity contribution in [2.24, 2.45) is 4.99 Å². The van der Waals surface area contributed by atoms with Gasteiger partial charge in [0.2, 0.25) is 0 Å². The number of hydrogen-bond acceptors (Lipinski definition) is 3. The van der Waals surface area contributed by atoms with Gasteiger partial charge in [0.15, 0.2) is 0 Å². The highest BCUT2D eigenvalue weighted by atomic mass is 15.2. The lowest BCUT2D eigenvalue weighted by atomic mass is 10.2. The maximum atomic E-state index is 4.17. The second-order valence-corrected chi connectivity index (χ2v) is 2.62. The lowest BCUT2D eigenvalue weighted by molar-refractivity contribution is 0.553. The van der Waals surface area contributed by atoms with Crippen molar-refractivity contribution in [2.75, 3.05) is 7.05 Å². The van der Waals surface area contributed by atoms with E-state index < -0.39 is 0 Å². The highest BCUT2D eigenvalue weighted by Crippen LogP contribution is 2.17. The van der Waals surface area contributed by atoms with Gasteiger partial charge in [-0.05, 0) is 13.1 Å². The van der Waals surface area contributed by atoms with Crippen LogP contribution in [0.25, 0.3) is 0 Å². The summed E-state index contributed by atoms with van der Waals surface area (Å²) in [5.74, 6) is 0.883. The maximum Gasteiger partial charge on any atom is 0.138 e. The number of nitrogens with zero attached hydrogens (tertiary/aromatic N) is 2. The molecule has 0 amide bonds. The zero-order chi connectivity index (χ0) is 11.1. The van der Waals surface area contributed by atoms with Gasteiger partial charge < -0.3 is 10.2 Å². The fourth-order valence-corrected chi connectivity index (χ4v) is 0.953. The van der Waals surface area contributed by atoms with Gasteiger partial charge in [-0.3, -0.25) is 0 Å². The largest absolute Gasteiger partial charge is 0.346 e. The van der Waals surface area contributed by atoms with Crippen molar-refractivity contribution in [3.05, 3.63) is 36.4 Å². The van der Waals surface area contributed by atoms with Crippen LogP contribution < -0.4 is 5.32 Å². The summed E-state index contributed by atoms with van der Waals surface area (Å²) >= 11 is 0. The van der Waals surface area contributed by atoms with E-state index in [1.54, 1.807) is 12.5 Å². The minimum Gasteiger partial charge on any atom is -0.346 e. The Morgan fingerprint density at radius 2 is 2.07 bits per heavy atom. The molecule has 1 aliphatic heterocycles. The maximum absolute atomic E-state index is 4.17. The fraction of sp³-hybridized carbons (Fsp3) is 0.364. The van der Waals surface area contributed by atoms with Crippen molar-refractivity contribution >= 4 is 6.34 Å². The summed E-state index contributed by atoms with van der Waals surface area (Å²) < 4.78 is 0. The number of aliphatic imine (C=N–C) groups is 1. The van der Waals surface area contributed by atoms with Gasteiger partial charge >= 0.3 is 0 Å².